The van der Waals surface area contributed by atoms with E-state index < -0.39 is 10.0 Å². The van der Waals surface area contributed by atoms with Crippen molar-refractivity contribution >= 4 is 37.7 Å². The summed E-state index contributed by atoms with van der Waals surface area (Å²) in [6.07, 6.45) is 5.40. The Morgan fingerprint density at radius 3 is 2.45 bits per heavy atom. The predicted octanol–water partition coefficient (Wildman–Crippen LogP) is 3.14. The Morgan fingerprint density at radius 2 is 1.74 bits per heavy atom. The van der Waals surface area contributed by atoms with E-state index in [9.17, 15) is 8.42 Å². The summed E-state index contributed by atoms with van der Waals surface area (Å²) in [7, 11) is -3.66. The van der Waals surface area contributed by atoms with Crippen molar-refractivity contribution < 1.29 is 13.2 Å². The summed E-state index contributed by atoms with van der Waals surface area (Å²) < 4.78 is 34.4. The number of hydrogen-bond acceptors (Lipinski definition) is 7. The molecule has 8 nitrogen and oxygen atoms in total. The van der Waals surface area contributed by atoms with Gasteiger partial charge in [-0.2, -0.15) is 9.29 Å². The molecule has 0 N–H and O–H groups in total. The first-order valence-electron chi connectivity index (χ1n) is 10.7. The van der Waals surface area contributed by atoms with Crippen LogP contribution < -0.4 is 14.5 Å². The molecule has 1 aromatic carbocycles. The highest BCUT2D eigenvalue weighted by atomic mass is 79.9. The third-order valence-corrected chi connectivity index (χ3v) is 8.07. The van der Waals surface area contributed by atoms with Gasteiger partial charge < -0.3 is 14.5 Å². The van der Waals surface area contributed by atoms with E-state index in [1.54, 1.807) is 24.4 Å². The number of anilines is 2. The highest BCUT2D eigenvalue weighted by Crippen LogP contribution is 2.31. The highest BCUT2D eigenvalue weighted by Gasteiger charge is 2.31. The number of sulfonamides is 1. The molecule has 0 atom stereocenters. The highest BCUT2D eigenvalue weighted by molar-refractivity contribution is 9.10. The topological polar surface area (TPSA) is 78.9 Å². The average molecular weight is 510 g/mol. The lowest BCUT2D eigenvalue weighted by Crippen LogP contribution is -2.49. The molecular weight excluding hydrogens is 482 g/mol. The smallest absolute Gasteiger partial charge is 0.246 e. The second-order valence-electron chi connectivity index (χ2n) is 7.68. The van der Waals surface area contributed by atoms with Crippen LogP contribution in [-0.4, -0.2) is 68.6 Å². The number of nitrogens with zero attached hydrogens (tertiary/aromatic N) is 5. The Morgan fingerprint density at radius 1 is 1.00 bits per heavy atom. The Labute approximate surface area is 192 Å². The van der Waals surface area contributed by atoms with E-state index in [0.29, 0.717) is 43.0 Å². The summed E-state index contributed by atoms with van der Waals surface area (Å²) >= 11 is 3.38. The molecule has 0 aliphatic carbocycles. The number of rotatable bonds is 6. The first-order valence-corrected chi connectivity index (χ1v) is 13.0. The fraction of sp³-hybridized carbons (Fsp3) is 0.524. The lowest BCUT2D eigenvalue weighted by atomic mass is 10.1. The van der Waals surface area contributed by atoms with Gasteiger partial charge in [0.15, 0.2) is 0 Å². The van der Waals surface area contributed by atoms with Crippen molar-refractivity contribution in [3.63, 3.8) is 0 Å². The number of hydrogen-bond donors (Lipinski definition) is 0. The van der Waals surface area contributed by atoms with Gasteiger partial charge in [0, 0.05) is 49.9 Å². The van der Waals surface area contributed by atoms with E-state index in [-0.39, 0.29) is 4.90 Å². The molecule has 2 aliphatic rings. The van der Waals surface area contributed by atoms with Crippen LogP contribution in [0.2, 0.25) is 0 Å². The second kappa shape index (κ2) is 9.70. The van der Waals surface area contributed by atoms with E-state index in [1.165, 1.54) is 23.6 Å². The van der Waals surface area contributed by atoms with E-state index in [2.05, 4.69) is 30.7 Å². The zero-order valence-electron chi connectivity index (χ0n) is 17.7. The third-order valence-electron chi connectivity index (χ3n) is 5.65. The molecule has 3 heterocycles. The molecule has 4 rings (SSSR count). The van der Waals surface area contributed by atoms with Gasteiger partial charge in [-0.1, -0.05) is 15.9 Å². The molecule has 2 saturated heterocycles. The zero-order chi connectivity index (χ0) is 21.8. The molecule has 1 aromatic heterocycles. The van der Waals surface area contributed by atoms with Crippen molar-refractivity contribution in [2.45, 2.75) is 31.1 Å². The van der Waals surface area contributed by atoms with Gasteiger partial charge in [0.25, 0.3) is 0 Å². The molecular formula is C21H28BrN5O3S. The molecule has 31 heavy (non-hydrogen) atoms. The van der Waals surface area contributed by atoms with E-state index in [1.807, 2.05) is 13.0 Å². The van der Waals surface area contributed by atoms with Crippen molar-refractivity contribution in [1.82, 2.24) is 14.3 Å². The lowest BCUT2D eigenvalue weighted by Gasteiger charge is -2.35. The number of halogens is 1. The van der Waals surface area contributed by atoms with Crippen molar-refractivity contribution in [3.8, 4) is 5.75 Å². The van der Waals surface area contributed by atoms with Crippen LogP contribution in [0, 0.1) is 0 Å². The summed E-state index contributed by atoms with van der Waals surface area (Å²) in [6.45, 7) is 6.17. The summed E-state index contributed by atoms with van der Waals surface area (Å²) in [5.74, 6) is 2.00. The predicted molar refractivity (Wildman–Crippen MR) is 124 cm³/mol. The first kappa shape index (κ1) is 22.3. The molecule has 0 amide bonds. The van der Waals surface area contributed by atoms with Gasteiger partial charge in [0.1, 0.15) is 16.5 Å². The number of aromatic nitrogens is 2. The molecule has 10 heteroatoms. The van der Waals surface area contributed by atoms with Gasteiger partial charge in [0.05, 0.1) is 6.61 Å². The van der Waals surface area contributed by atoms with Gasteiger partial charge in [-0.3, -0.25) is 0 Å². The van der Waals surface area contributed by atoms with Crippen LogP contribution in [0.25, 0.3) is 0 Å². The Bertz CT molecular complexity index is 1010. The number of benzene rings is 1. The summed E-state index contributed by atoms with van der Waals surface area (Å²) in [6, 6.07) is 7.00. The van der Waals surface area contributed by atoms with Gasteiger partial charge >= 0.3 is 0 Å². The second-order valence-corrected chi connectivity index (χ2v) is 10.5. The largest absolute Gasteiger partial charge is 0.492 e. The number of ether oxygens (including phenoxy) is 1. The molecule has 2 aliphatic heterocycles. The maximum Gasteiger partial charge on any atom is 0.246 e. The standard InChI is InChI=1S/C21H28BrN5O3S/c1-2-30-18-7-6-17(22)16-19(18)31(28,29)27-14-12-25(13-15-27)20-8-9-23-21(24-20)26-10-4-3-5-11-26/h6-9,16H,2-5,10-15H2,1H3. The zero-order valence-corrected chi connectivity index (χ0v) is 20.1. The molecule has 0 spiro atoms. The molecule has 0 saturated carbocycles. The quantitative estimate of drug-likeness (QED) is 0.591. The number of piperidine rings is 1. The van der Waals surface area contributed by atoms with Gasteiger partial charge in [-0.25, -0.2) is 13.4 Å². The molecule has 168 valence electrons. The van der Waals surface area contributed by atoms with Crippen LogP contribution in [0.1, 0.15) is 26.2 Å². The minimum absolute atomic E-state index is 0.201. The third kappa shape index (κ3) is 4.96. The maximum atomic E-state index is 13.3. The van der Waals surface area contributed by atoms with Gasteiger partial charge in [-0.15, -0.1) is 0 Å². The van der Waals surface area contributed by atoms with Gasteiger partial charge in [0.2, 0.25) is 16.0 Å². The van der Waals surface area contributed by atoms with E-state index in [4.69, 9.17) is 9.72 Å². The monoisotopic (exact) mass is 509 g/mol. The minimum atomic E-state index is -3.66. The van der Waals surface area contributed by atoms with Crippen LogP contribution in [-0.2, 0) is 10.0 Å². The normalized spacial score (nSPS) is 18.3. The fourth-order valence-corrected chi connectivity index (χ4v) is 6.11. The lowest BCUT2D eigenvalue weighted by molar-refractivity contribution is 0.327. The van der Waals surface area contributed by atoms with Crippen LogP contribution in [0.5, 0.6) is 5.75 Å². The van der Waals surface area contributed by atoms with Crippen molar-refractivity contribution in [2.75, 3.05) is 55.7 Å². The van der Waals surface area contributed by atoms with E-state index in [0.717, 1.165) is 24.9 Å². The minimum Gasteiger partial charge on any atom is -0.492 e. The molecule has 2 aromatic rings. The van der Waals surface area contributed by atoms with Crippen molar-refractivity contribution in [2.24, 2.45) is 0 Å². The first-order chi connectivity index (χ1) is 15.0. The Kier molecular flexibility index (Phi) is 6.98. The fourth-order valence-electron chi connectivity index (χ4n) is 4.02. The van der Waals surface area contributed by atoms with Crippen LogP contribution >= 0.6 is 15.9 Å². The van der Waals surface area contributed by atoms with E-state index >= 15 is 0 Å². The van der Waals surface area contributed by atoms with Crippen molar-refractivity contribution in [3.05, 3.63) is 34.9 Å². The average Bonchev–Trinajstić information content (AvgIpc) is 2.81. The van der Waals surface area contributed by atoms with Gasteiger partial charge in [-0.05, 0) is 50.5 Å². The van der Waals surface area contributed by atoms with Crippen LogP contribution in [0.15, 0.2) is 39.8 Å². The van der Waals surface area contributed by atoms with Crippen LogP contribution in [0.4, 0.5) is 11.8 Å². The summed E-state index contributed by atoms with van der Waals surface area (Å²) in [5, 5.41) is 0. The SMILES string of the molecule is CCOc1ccc(Br)cc1S(=O)(=O)N1CCN(c2ccnc(N3CCCCC3)n2)CC1. The number of piperazine rings is 1. The molecule has 0 unspecified atom stereocenters. The molecule has 0 bridgehead atoms. The summed E-state index contributed by atoms with van der Waals surface area (Å²) in [4.78, 5) is 13.8. The molecule has 2 fully saturated rings. The molecule has 0 radical (unpaired) electrons. The van der Waals surface area contributed by atoms with Crippen LogP contribution in [0.3, 0.4) is 0 Å². The summed E-state index contributed by atoms with van der Waals surface area (Å²) in [5.41, 5.74) is 0. The maximum absolute atomic E-state index is 13.3. The van der Waals surface area contributed by atoms with Crippen molar-refractivity contribution in [1.29, 1.82) is 0 Å². The Hall–Kier alpha value is -1.91. The Balaban J connectivity index is 1.47.